The number of anilines is 1. The number of methoxy groups -OCH3 is 1. The minimum absolute atomic E-state index is 0.177. The van der Waals surface area contributed by atoms with Gasteiger partial charge in [-0.2, -0.15) is 0 Å². The number of hydrogen-bond acceptors (Lipinski definition) is 4. The quantitative estimate of drug-likeness (QED) is 0.572. The fourth-order valence-electron chi connectivity index (χ4n) is 2.84. The molecule has 1 heterocycles. The van der Waals surface area contributed by atoms with Crippen LogP contribution in [0.1, 0.15) is 0 Å². The summed E-state index contributed by atoms with van der Waals surface area (Å²) >= 11 is 0. The van der Waals surface area contributed by atoms with E-state index >= 15 is 0 Å². The normalized spacial score (nSPS) is 11.8. The molecule has 0 saturated carbocycles. The Hall–Kier alpha value is -3.06. The largest absolute Gasteiger partial charge is 0.495 e. The van der Waals surface area contributed by atoms with Crippen molar-refractivity contribution in [2.75, 3.05) is 11.8 Å². The Morgan fingerprint density at radius 3 is 2.54 bits per heavy atom. The third-order valence-corrected chi connectivity index (χ3v) is 5.41. The van der Waals surface area contributed by atoms with Crippen molar-refractivity contribution in [1.29, 1.82) is 0 Å². The van der Waals surface area contributed by atoms with Crippen LogP contribution in [0.2, 0.25) is 0 Å². The molecule has 132 valence electrons. The molecule has 3 aromatic carbocycles. The van der Waals surface area contributed by atoms with E-state index in [2.05, 4.69) is 4.72 Å². The number of furan rings is 1. The number of hydrogen-bond donors (Lipinski definition) is 1. The Kier molecular flexibility index (Phi) is 3.81. The van der Waals surface area contributed by atoms with Crippen LogP contribution in [0.4, 0.5) is 10.1 Å². The maximum atomic E-state index is 13.4. The van der Waals surface area contributed by atoms with Gasteiger partial charge in [-0.3, -0.25) is 4.72 Å². The monoisotopic (exact) mass is 371 g/mol. The van der Waals surface area contributed by atoms with Gasteiger partial charge in [-0.15, -0.1) is 0 Å². The van der Waals surface area contributed by atoms with E-state index in [4.69, 9.17) is 9.15 Å². The SMILES string of the molecule is COc1cc2c(cc1NS(=O)(=O)c1cccc(F)c1)oc1ccccc12. The van der Waals surface area contributed by atoms with Crippen molar-refractivity contribution in [3.63, 3.8) is 0 Å². The van der Waals surface area contributed by atoms with Gasteiger partial charge in [0, 0.05) is 16.8 Å². The van der Waals surface area contributed by atoms with Crippen LogP contribution in [-0.4, -0.2) is 15.5 Å². The number of benzene rings is 3. The predicted molar refractivity (Wildman–Crippen MR) is 97.5 cm³/mol. The minimum Gasteiger partial charge on any atom is -0.495 e. The second-order valence-corrected chi connectivity index (χ2v) is 7.39. The van der Waals surface area contributed by atoms with Crippen molar-refractivity contribution in [2.45, 2.75) is 4.90 Å². The zero-order chi connectivity index (χ0) is 18.3. The molecule has 1 aromatic heterocycles. The second-order valence-electron chi connectivity index (χ2n) is 5.71. The average Bonchev–Trinajstić information content (AvgIpc) is 2.98. The van der Waals surface area contributed by atoms with Gasteiger partial charge in [0.25, 0.3) is 10.0 Å². The molecular formula is C19H14FNO4S. The van der Waals surface area contributed by atoms with Crippen molar-refractivity contribution in [3.8, 4) is 5.75 Å². The van der Waals surface area contributed by atoms with E-state index in [9.17, 15) is 12.8 Å². The molecule has 0 aliphatic carbocycles. The summed E-state index contributed by atoms with van der Waals surface area (Å²) in [5, 5.41) is 1.71. The number of rotatable bonds is 4. The third-order valence-electron chi connectivity index (χ3n) is 4.05. The molecule has 0 radical (unpaired) electrons. The van der Waals surface area contributed by atoms with Crippen LogP contribution >= 0.6 is 0 Å². The zero-order valence-corrected chi connectivity index (χ0v) is 14.5. The summed E-state index contributed by atoms with van der Waals surface area (Å²) in [6, 6.07) is 15.6. The van der Waals surface area contributed by atoms with Crippen molar-refractivity contribution in [2.24, 2.45) is 0 Å². The molecule has 0 aliphatic rings. The number of fused-ring (bicyclic) bond motifs is 3. The van der Waals surface area contributed by atoms with Crippen LogP contribution in [0.15, 0.2) is 70.0 Å². The average molecular weight is 371 g/mol. The van der Waals surface area contributed by atoms with Crippen molar-refractivity contribution in [3.05, 3.63) is 66.5 Å². The van der Waals surface area contributed by atoms with Crippen LogP contribution in [0.3, 0.4) is 0 Å². The zero-order valence-electron chi connectivity index (χ0n) is 13.7. The molecule has 4 rings (SSSR count). The van der Waals surface area contributed by atoms with Gasteiger partial charge in [0.15, 0.2) is 0 Å². The molecule has 26 heavy (non-hydrogen) atoms. The predicted octanol–water partition coefficient (Wildman–Crippen LogP) is 4.53. The topological polar surface area (TPSA) is 68.5 Å². The first-order chi connectivity index (χ1) is 12.5. The Morgan fingerprint density at radius 2 is 1.77 bits per heavy atom. The minimum atomic E-state index is -3.98. The maximum absolute atomic E-state index is 13.4. The highest BCUT2D eigenvalue weighted by Crippen LogP contribution is 2.37. The van der Waals surface area contributed by atoms with Gasteiger partial charge in [0.05, 0.1) is 17.7 Å². The van der Waals surface area contributed by atoms with Crippen molar-refractivity contribution < 1.29 is 22.0 Å². The molecule has 7 heteroatoms. The van der Waals surface area contributed by atoms with Crippen LogP contribution in [-0.2, 0) is 10.0 Å². The smallest absolute Gasteiger partial charge is 0.262 e. The first-order valence-electron chi connectivity index (χ1n) is 7.75. The first-order valence-corrected chi connectivity index (χ1v) is 9.24. The summed E-state index contributed by atoms with van der Waals surface area (Å²) in [5.41, 5.74) is 1.42. The molecule has 4 aromatic rings. The summed E-state index contributed by atoms with van der Waals surface area (Å²) in [5.74, 6) is -0.295. The van der Waals surface area contributed by atoms with E-state index in [0.717, 1.165) is 16.8 Å². The van der Waals surface area contributed by atoms with E-state index in [0.29, 0.717) is 16.9 Å². The summed E-state index contributed by atoms with van der Waals surface area (Å²) in [6.45, 7) is 0. The van der Waals surface area contributed by atoms with Crippen LogP contribution in [0.5, 0.6) is 5.75 Å². The number of halogens is 1. The van der Waals surface area contributed by atoms with Gasteiger partial charge >= 0.3 is 0 Å². The lowest BCUT2D eigenvalue weighted by molar-refractivity contribution is 0.417. The third kappa shape index (κ3) is 2.76. The van der Waals surface area contributed by atoms with Crippen molar-refractivity contribution >= 4 is 37.6 Å². The fraction of sp³-hybridized carbons (Fsp3) is 0.0526. The van der Waals surface area contributed by atoms with Crippen LogP contribution in [0.25, 0.3) is 21.9 Å². The molecule has 1 N–H and O–H groups in total. The van der Waals surface area contributed by atoms with Gasteiger partial charge in [0.2, 0.25) is 0 Å². The lowest BCUT2D eigenvalue weighted by atomic mass is 10.1. The van der Waals surface area contributed by atoms with E-state index in [-0.39, 0.29) is 10.6 Å². The van der Waals surface area contributed by atoms with E-state index in [1.807, 2.05) is 24.3 Å². The number of nitrogens with one attached hydrogen (secondary N) is 1. The first kappa shape index (κ1) is 16.4. The van der Waals surface area contributed by atoms with E-state index in [1.165, 1.54) is 25.3 Å². The molecule has 0 saturated heterocycles. The van der Waals surface area contributed by atoms with E-state index in [1.54, 1.807) is 12.1 Å². The highest BCUT2D eigenvalue weighted by atomic mass is 32.2. The summed E-state index contributed by atoms with van der Waals surface area (Å²) in [4.78, 5) is -0.177. The van der Waals surface area contributed by atoms with Gasteiger partial charge in [-0.25, -0.2) is 12.8 Å². The lowest BCUT2D eigenvalue weighted by Crippen LogP contribution is -2.13. The highest BCUT2D eigenvalue weighted by Gasteiger charge is 2.19. The maximum Gasteiger partial charge on any atom is 0.262 e. The van der Waals surface area contributed by atoms with E-state index < -0.39 is 15.8 Å². The fourth-order valence-corrected chi connectivity index (χ4v) is 3.93. The molecule has 0 atom stereocenters. The molecular weight excluding hydrogens is 357 g/mol. The van der Waals surface area contributed by atoms with Gasteiger partial charge in [-0.1, -0.05) is 24.3 Å². The molecule has 0 fully saturated rings. The Bertz CT molecular complexity index is 1230. The van der Waals surface area contributed by atoms with Crippen LogP contribution < -0.4 is 9.46 Å². The number of ether oxygens (including phenoxy) is 1. The number of para-hydroxylation sites is 1. The lowest BCUT2D eigenvalue weighted by Gasteiger charge is -2.12. The number of sulfonamides is 1. The summed E-state index contributed by atoms with van der Waals surface area (Å²) < 4.78 is 52.1. The van der Waals surface area contributed by atoms with Crippen molar-refractivity contribution in [1.82, 2.24) is 0 Å². The summed E-state index contributed by atoms with van der Waals surface area (Å²) in [6.07, 6.45) is 0. The molecule has 5 nitrogen and oxygen atoms in total. The Balaban J connectivity index is 1.84. The highest BCUT2D eigenvalue weighted by molar-refractivity contribution is 7.92. The standard InChI is InChI=1S/C19H14FNO4S/c1-24-19-10-15-14-7-2-3-8-17(14)25-18(15)11-16(19)21-26(22,23)13-6-4-5-12(20)9-13/h2-11,21H,1H3. The molecule has 0 amide bonds. The molecule has 0 spiro atoms. The Morgan fingerprint density at radius 1 is 0.962 bits per heavy atom. The van der Waals surface area contributed by atoms with Gasteiger partial charge in [0.1, 0.15) is 22.7 Å². The van der Waals surface area contributed by atoms with Gasteiger partial charge in [-0.05, 0) is 30.3 Å². The van der Waals surface area contributed by atoms with Gasteiger partial charge < -0.3 is 9.15 Å². The molecule has 0 aliphatic heterocycles. The molecule has 0 unspecified atom stereocenters. The summed E-state index contributed by atoms with van der Waals surface area (Å²) in [7, 11) is -2.53. The Labute approximate surface area is 149 Å². The molecule has 0 bridgehead atoms. The second kappa shape index (κ2) is 6.03. The van der Waals surface area contributed by atoms with Crippen LogP contribution in [0, 0.1) is 5.82 Å².